The van der Waals surface area contributed by atoms with Crippen molar-refractivity contribution < 1.29 is 0 Å². The molecule has 0 fully saturated rings. The Labute approximate surface area is 74.6 Å². The highest BCUT2D eigenvalue weighted by Crippen LogP contribution is 2.15. The van der Waals surface area contributed by atoms with E-state index in [9.17, 15) is 0 Å². The van der Waals surface area contributed by atoms with Crippen molar-refractivity contribution in [2.24, 2.45) is 0 Å². The topological polar surface area (TPSA) is 30.2 Å². The molecule has 0 bridgehead atoms. The normalized spacial score (nSPS) is 11.1. The Bertz CT molecular complexity index is 568. The van der Waals surface area contributed by atoms with E-state index in [1.54, 1.807) is 12.4 Å². The Hall–Kier alpha value is -1.90. The molecule has 0 N–H and O–H groups in total. The molecule has 0 spiro atoms. The first-order chi connectivity index (χ1) is 6.45. The van der Waals surface area contributed by atoms with E-state index in [4.69, 9.17) is 0 Å². The van der Waals surface area contributed by atoms with Gasteiger partial charge in [-0.1, -0.05) is 6.07 Å². The molecule has 0 aliphatic heterocycles. The zero-order valence-electron chi connectivity index (χ0n) is 6.88. The van der Waals surface area contributed by atoms with Gasteiger partial charge in [-0.25, -0.2) is 4.52 Å². The Morgan fingerprint density at radius 2 is 2.08 bits per heavy atom. The summed E-state index contributed by atoms with van der Waals surface area (Å²) >= 11 is 0. The van der Waals surface area contributed by atoms with E-state index < -0.39 is 0 Å². The lowest BCUT2D eigenvalue weighted by molar-refractivity contribution is 0.965. The van der Waals surface area contributed by atoms with Crippen LogP contribution in [0.1, 0.15) is 0 Å². The van der Waals surface area contributed by atoms with Gasteiger partial charge in [0.1, 0.15) is 0 Å². The lowest BCUT2D eigenvalue weighted by Gasteiger charge is -1.97. The number of pyridine rings is 2. The van der Waals surface area contributed by atoms with Gasteiger partial charge >= 0.3 is 0 Å². The summed E-state index contributed by atoms with van der Waals surface area (Å²) in [6.45, 7) is 0. The molecule has 13 heavy (non-hydrogen) atoms. The van der Waals surface area contributed by atoms with Crippen molar-refractivity contribution in [3.63, 3.8) is 0 Å². The number of rotatable bonds is 0. The molecule has 0 aliphatic rings. The fraction of sp³-hybridized carbons (Fsp3) is 0. The van der Waals surface area contributed by atoms with Gasteiger partial charge in [0.05, 0.1) is 17.2 Å². The van der Waals surface area contributed by atoms with Gasteiger partial charge in [0.15, 0.2) is 0 Å². The largest absolute Gasteiger partial charge is 0.254 e. The third kappa shape index (κ3) is 0.839. The average Bonchev–Trinajstić information content (AvgIpc) is 2.65. The minimum atomic E-state index is 1.00. The third-order valence-corrected chi connectivity index (χ3v) is 2.15. The fourth-order valence-corrected chi connectivity index (χ4v) is 1.54. The Morgan fingerprint density at radius 3 is 3.08 bits per heavy atom. The molecule has 3 nitrogen and oxygen atoms in total. The Balaban J connectivity index is 2.65. The van der Waals surface area contributed by atoms with E-state index in [-0.39, 0.29) is 0 Å². The predicted molar refractivity (Wildman–Crippen MR) is 50.5 cm³/mol. The minimum absolute atomic E-state index is 1.00. The Morgan fingerprint density at radius 1 is 1.08 bits per heavy atom. The van der Waals surface area contributed by atoms with Gasteiger partial charge < -0.3 is 0 Å². The van der Waals surface area contributed by atoms with Gasteiger partial charge in [-0.15, -0.1) is 0 Å². The average molecular weight is 169 g/mol. The van der Waals surface area contributed by atoms with Crippen LogP contribution in [-0.4, -0.2) is 14.6 Å². The third-order valence-electron chi connectivity index (χ3n) is 2.15. The highest BCUT2D eigenvalue weighted by Gasteiger charge is 1.99. The van der Waals surface area contributed by atoms with Crippen molar-refractivity contribution in [1.82, 2.24) is 14.6 Å². The Kier molecular flexibility index (Phi) is 1.16. The second-order valence-electron chi connectivity index (χ2n) is 2.92. The van der Waals surface area contributed by atoms with Crippen molar-refractivity contribution in [3.8, 4) is 0 Å². The van der Waals surface area contributed by atoms with Crippen LogP contribution in [0.15, 0.2) is 42.9 Å². The number of hydrogen-bond donors (Lipinski definition) is 0. The van der Waals surface area contributed by atoms with Crippen LogP contribution < -0.4 is 0 Å². The van der Waals surface area contributed by atoms with Gasteiger partial charge in [0, 0.05) is 17.8 Å². The highest BCUT2D eigenvalue weighted by atomic mass is 15.2. The summed E-state index contributed by atoms with van der Waals surface area (Å²) in [6.07, 6.45) is 5.53. The quantitative estimate of drug-likeness (QED) is 0.514. The number of aromatic nitrogens is 3. The number of hydrogen-bond acceptors (Lipinski definition) is 2. The van der Waals surface area contributed by atoms with E-state index in [1.807, 2.05) is 28.9 Å². The van der Waals surface area contributed by atoms with Gasteiger partial charge in [-0.2, -0.15) is 5.10 Å². The SMILES string of the molecule is c1cnc2c(c1)ccn1nccc21. The van der Waals surface area contributed by atoms with Crippen LogP contribution in [0.3, 0.4) is 0 Å². The molecule has 0 radical (unpaired) electrons. The summed E-state index contributed by atoms with van der Waals surface area (Å²) in [6, 6.07) is 7.97. The number of nitrogens with zero attached hydrogens (tertiary/aromatic N) is 3. The van der Waals surface area contributed by atoms with Crippen molar-refractivity contribution in [1.29, 1.82) is 0 Å². The van der Waals surface area contributed by atoms with Crippen LogP contribution in [0.2, 0.25) is 0 Å². The maximum absolute atomic E-state index is 4.32. The summed E-state index contributed by atoms with van der Waals surface area (Å²) < 4.78 is 1.83. The molecule has 3 heterocycles. The van der Waals surface area contributed by atoms with Crippen LogP contribution in [-0.2, 0) is 0 Å². The molecule has 0 saturated carbocycles. The molecule has 3 heteroatoms. The molecule has 0 aromatic carbocycles. The van der Waals surface area contributed by atoms with Crippen LogP contribution in [0.4, 0.5) is 0 Å². The molecular weight excluding hydrogens is 162 g/mol. The summed E-state index contributed by atoms with van der Waals surface area (Å²) in [5.41, 5.74) is 2.06. The summed E-state index contributed by atoms with van der Waals surface area (Å²) in [4.78, 5) is 4.32. The molecule has 0 aliphatic carbocycles. The first-order valence-electron chi connectivity index (χ1n) is 4.12. The molecule has 0 unspecified atom stereocenters. The lowest BCUT2D eigenvalue weighted by atomic mass is 10.2. The van der Waals surface area contributed by atoms with E-state index >= 15 is 0 Å². The monoisotopic (exact) mass is 169 g/mol. The van der Waals surface area contributed by atoms with Crippen molar-refractivity contribution in [2.45, 2.75) is 0 Å². The predicted octanol–water partition coefficient (Wildman–Crippen LogP) is 1.88. The van der Waals surface area contributed by atoms with Gasteiger partial charge in [-0.05, 0) is 18.2 Å². The van der Waals surface area contributed by atoms with Crippen LogP contribution >= 0.6 is 0 Å². The van der Waals surface area contributed by atoms with E-state index in [0.29, 0.717) is 0 Å². The maximum Gasteiger partial charge on any atom is 0.0960 e. The second kappa shape index (κ2) is 2.29. The van der Waals surface area contributed by atoms with Gasteiger partial charge in [-0.3, -0.25) is 4.98 Å². The zero-order chi connectivity index (χ0) is 8.67. The second-order valence-corrected chi connectivity index (χ2v) is 2.92. The van der Waals surface area contributed by atoms with Crippen molar-refractivity contribution in [2.75, 3.05) is 0 Å². The smallest absolute Gasteiger partial charge is 0.0960 e. The maximum atomic E-state index is 4.32. The molecule has 62 valence electrons. The molecule has 3 aromatic rings. The molecule has 0 atom stereocenters. The molecule has 3 aromatic heterocycles. The molecule has 3 rings (SSSR count). The van der Waals surface area contributed by atoms with E-state index in [2.05, 4.69) is 16.1 Å². The van der Waals surface area contributed by atoms with Crippen molar-refractivity contribution >= 4 is 16.4 Å². The van der Waals surface area contributed by atoms with E-state index in [0.717, 1.165) is 16.4 Å². The first-order valence-corrected chi connectivity index (χ1v) is 4.12. The van der Waals surface area contributed by atoms with Crippen molar-refractivity contribution in [3.05, 3.63) is 42.9 Å². The summed E-state index contributed by atoms with van der Waals surface area (Å²) in [7, 11) is 0. The minimum Gasteiger partial charge on any atom is -0.254 e. The molecule has 0 amide bonds. The number of fused-ring (bicyclic) bond motifs is 3. The van der Waals surface area contributed by atoms with Gasteiger partial charge in [0.25, 0.3) is 0 Å². The summed E-state index contributed by atoms with van der Waals surface area (Å²) in [5, 5.41) is 5.29. The summed E-state index contributed by atoms with van der Waals surface area (Å²) in [5.74, 6) is 0. The lowest BCUT2D eigenvalue weighted by Crippen LogP contribution is -1.87. The molecular formula is C10H7N3. The van der Waals surface area contributed by atoms with Crippen LogP contribution in [0.25, 0.3) is 16.4 Å². The first kappa shape index (κ1) is 6.60. The fourth-order valence-electron chi connectivity index (χ4n) is 1.54. The molecule has 0 saturated heterocycles. The van der Waals surface area contributed by atoms with E-state index in [1.165, 1.54) is 0 Å². The standard InChI is InChI=1S/C10H7N3/c1-2-8-4-7-13-9(3-6-12-13)10(8)11-5-1/h1-7H. The van der Waals surface area contributed by atoms with Crippen LogP contribution in [0, 0.1) is 0 Å². The van der Waals surface area contributed by atoms with Gasteiger partial charge in [0.2, 0.25) is 0 Å². The van der Waals surface area contributed by atoms with Crippen LogP contribution in [0.5, 0.6) is 0 Å². The highest BCUT2D eigenvalue weighted by molar-refractivity contribution is 5.91. The zero-order valence-corrected chi connectivity index (χ0v) is 6.88.